The molecule has 1 fully saturated rings. The molecule has 11 heteroatoms. The molecule has 42 heavy (non-hydrogen) atoms. The predicted molar refractivity (Wildman–Crippen MR) is 163 cm³/mol. The van der Waals surface area contributed by atoms with E-state index >= 15 is 0 Å². The second-order valence-electron chi connectivity index (χ2n) is 10.1. The van der Waals surface area contributed by atoms with Crippen molar-refractivity contribution >= 4 is 32.5 Å². The molecule has 0 unspecified atom stereocenters. The first kappa shape index (κ1) is 29.3. The summed E-state index contributed by atoms with van der Waals surface area (Å²) in [4.78, 5) is 18.7. The summed E-state index contributed by atoms with van der Waals surface area (Å²) in [5.74, 6) is 1.50. The Kier molecular flexibility index (Phi) is 9.52. The highest BCUT2D eigenvalue weighted by Gasteiger charge is 2.23. The fraction of sp³-hybridized carbons (Fsp3) is 0.290. The average molecular weight is 590 g/mol. The fourth-order valence-electron chi connectivity index (χ4n) is 4.78. The van der Waals surface area contributed by atoms with Crippen LogP contribution in [0.2, 0.25) is 0 Å². The zero-order valence-corrected chi connectivity index (χ0v) is 24.3. The molecule has 10 nitrogen and oxygen atoms in total. The molecule has 0 atom stereocenters. The lowest BCUT2D eigenvalue weighted by Crippen LogP contribution is -2.49. The number of rotatable bonds is 11. The predicted octanol–water partition coefficient (Wildman–Crippen LogP) is 4.09. The topological polar surface area (TPSA) is 113 Å². The van der Waals surface area contributed by atoms with Crippen molar-refractivity contribution in [2.75, 3.05) is 50.9 Å². The van der Waals surface area contributed by atoms with Crippen LogP contribution < -0.4 is 20.1 Å². The number of nitrogens with zero attached hydrogens (tertiary/aromatic N) is 3. The molecule has 2 amide bonds. The first-order valence-corrected chi connectivity index (χ1v) is 15.7. The van der Waals surface area contributed by atoms with E-state index in [-0.39, 0.29) is 6.03 Å². The van der Waals surface area contributed by atoms with Crippen LogP contribution in [-0.4, -0.2) is 74.2 Å². The number of anilines is 1. The molecule has 1 aromatic heterocycles. The highest BCUT2D eigenvalue weighted by Crippen LogP contribution is 2.32. The van der Waals surface area contributed by atoms with Gasteiger partial charge in [-0.25, -0.2) is 13.2 Å². The number of piperazine rings is 1. The third-order valence-corrected chi connectivity index (χ3v) is 8.43. The largest absolute Gasteiger partial charge is 0.492 e. The Hall–Kier alpha value is -4.19. The molecular formula is C31H35N5O5S. The minimum atomic E-state index is -3.12. The van der Waals surface area contributed by atoms with Gasteiger partial charge >= 0.3 is 6.03 Å². The number of aromatic nitrogens is 1. The SMILES string of the molecule is CS(=O)(=O)N1CCN(CCOc2ccc(COc3ccc(NC(=O)NCc4ccncc4)c4ccccc34)cc2)CC1. The van der Waals surface area contributed by atoms with Gasteiger partial charge in [0, 0.05) is 62.4 Å². The summed E-state index contributed by atoms with van der Waals surface area (Å²) in [5, 5.41) is 7.60. The molecule has 220 valence electrons. The molecule has 0 bridgehead atoms. The quantitative estimate of drug-likeness (QED) is 0.271. The maximum Gasteiger partial charge on any atom is 0.319 e. The minimum Gasteiger partial charge on any atom is -0.492 e. The van der Waals surface area contributed by atoms with Crippen molar-refractivity contribution in [2.45, 2.75) is 13.2 Å². The summed E-state index contributed by atoms with van der Waals surface area (Å²) >= 11 is 0. The molecule has 0 radical (unpaired) electrons. The van der Waals surface area contributed by atoms with Gasteiger partial charge in [0.15, 0.2) is 0 Å². The molecule has 0 spiro atoms. The van der Waals surface area contributed by atoms with E-state index in [2.05, 4.69) is 20.5 Å². The number of urea groups is 1. The number of hydrogen-bond donors (Lipinski definition) is 2. The van der Waals surface area contributed by atoms with Gasteiger partial charge in [-0.05, 0) is 47.5 Å². The second-order valence-corrected chi connectivity index (χ2v) is 12.1. The van der Waals surface area contributed by atoms with Crippen molar-refractivity contribution < 1.29 is 22.7 Å². The number of hydrogen-bond acceptors (Lipinski definition) is 7. The zero-order chi connectivity index (χ0) is 29.4. The van der Waals surface area contributed by atoms with Crippen molar-refractivity contribution in [1.82, 2.24) is 19.5 Å². The van der Waals surface area contributed by atoms with Gasteiger partial charge in [-0.1, -0.05) is 36.4 Å². The number of amides is 2. The first-order valence-electron chi connectivity index (χ1n) is 13.8. The Balaban J connectivity index is 1.11. The van der Waals surface area contributed by atoms with Crippen LogP contribution in [0.15, 0.2) is 85.2 Å². The molecule has 4 aromatic rings. The second kappa shape index (κ2) is 13.6. The summed E-state index contributed by atoms with van der Waals surface area (Å²) in [5.41, 5.74) is 2.67. The molecule has 1 saturated heterocycles. The van der Waals surface area contributed by atoms with Crippen molar-refractivity contribution in [1.29, 1.82) is 0 Å². The van der Waals surface area contributed by atoms with Crippen LogP contribution in [0.4, 0.5) is 10.5 Å². The lowest BCUT2D eigenvalue weighted by atomic mass is 10.1. The number of sulfonamides is 1. The maximum atomic E-state index is 12.5. The number of nitrogens with one attached hydrogen (secondary N) is 2. The van der Waals surface area contributed by atoms with Gasteiger partial charge in [0.2, 0.25) is 10.0 Å². The van der Waals surface area contributed by atoms with E-state index in [1.165, 1.54) is 10.6 Å². The molecule has 1 aliphatic heterocycles. The van der Waals surface area contributed by atoms with Gasteiger partial charge in [-0.2, -0.15) is 4.31 Å². The normalized spacial score (nSPS) is 14.4. The van der Waals surface area contributed by atoms with Crippen molar-refractivity contribution in [3.63, 3.8) is 0 Å². The van der Waals surface area contributed by atoms with Gasteiger partial charge in [0.1, 0.15) is 24.7 Å². The molecular weight excluding hydrogens is 554 g/mol. The van der Waals surface area contributed by atoms with Crippen molar-refractivity contribution in [2.24, 2.45) is 0 Å². The molecule has 1 aliphatic rings. The van der Waals surface area contributed by atoms with Crippen LogP contribution in [0.3, 0.4) is 0 Å². The highest BCUT2D eigenvalue weighted by atomic mass is 32.2. The van der Waals surface area contributed by atoms with Gasteiger partial charge in [-0.15, -0.1) is 0 Å². The maximum absolute atomic E-state index is 12.5. The van der Waals surface area contributed by atoms with Crippen LogP contribution in [0.1, 0.15) is 11.1 Å². The third kappa shape index (κ3) is 7.96. The van der Waals surface area contributed by atoms with E-state index in [0.29, 0.717) is 51.6 Å². The van der Waals surface area contributed by atoms with E-state index in [1.54, 1.807) is 12.4 Å². The first-order chi connectivity index (χ1) is 20.3. The number of benzene rings is 3. The van der Waals surface area contributed by atoms with E-state index in [4.69, 9.17) is 9.47 Å². The van der Waals surface area contributed by atoms with E-state index < -0.39 is 10.0 Å². The molecule has 0 aliphatic carbocycles. The van der Waals surface area contributed by atoms with E-state index in [1.807, 2.05) is 72.8 Å². The number of ether oxygens (including phenoxy) is 2. The summed E-state index contributed by atoms with van der Waals surface area (Å²) < 4.78 is 36.9. The molecule has 2 heterocycles. The Bertz CT molecular complexity index is 1590. The fourth-order valence-corrected chi connectivity index (χ4v) is 5.60. The smallest absolute Gasteiger partial charge is 0.319 e. The number of carbonyl (C=O) groups is 1. The van der Waals surface area contributed by atoms with Crippen LogP contribution in [-0.2, 0) is 23.2 Å². The van der Waals surface area contributed by atoms with Crippen LogP contribution >= 0.6 is 0 Å². The summed E-state index contributed by atoms with van der Waals surface area (Å²) in [6, 6.07) is 22.8. The van der Waals surface area contributed by atoms with E-state index in [9.17, 15) is 13.2 Å². The monoisotopic (exact) mass is 589 g/mol. The van der Waals surface area contributed by atoms with Gasteiger partial charge in [0.25, 0.3) is 0 Å². The number of pyridine rings is 1. The van der Waals surface area contributed by atoms with E-state index in [0.717, 1.165) is 39.9 Å². The summed E-state index contributed by atoms with van der Waals surface area (Å²) in [7, 11) is -3.12. The van der Waals surface area contributed by atoms with Gasteiger partial charge in [0.05, 0.1) is 11.9 Å². The molecule has 0 saturated carbocycles. The van der Waals surface area contributed by atoms with Crippen LogP contribution in [0.5, 0.6) is 11.5 Å². The Morgan fingerprint density at radius 3 is 2.29 bits per heavy atom. The lowest BCUT2D eigenvalue weighted by Gasteiger charge is -2.33. The average Bonchev–Trinajstić information content (AvgIpc) is 3.01. The third-order valence-electron chi connectivity index (χ3n) is 7.13. The molecule has 3 aromatic carbocycles. The van der Waals surface area contributed by atoms with Crippen LogP contribution in [0.25, 0.3) is 10.8 Å². The number of carbonyl (C=O) groups excluding carboxylic acids is 1. The minimum absolute atomic E-state index is 0.289. The van der Waals surface area contributed by atoms with Gasteiger partial charge in [-0.3, -0.25) is 9.88 Å². The standard InChI is InChI=1S/C31H35N5O5S/c1-42(38,39)36-18-16-35(17-19-36)20-21-40-26-8-6-25(7-9-26)23-41-30-11-10-29(27-4-2-3-5-28(27)30)34-31(37)33-22-24-12-14-32-15-13-24/h2-15H,16-23H2,1H3,(H2,33,34,37). The van der Waals surface area contributed by atoms with Crippen molar-refractivity contribution in [3.8, 4) is 11.5 Å². The Labute approximate surface area is 246 Å². The van der Waals surface area contributed by atoms with Crippen molar-refractivity contribution in [3.05, 3.63) is 96.3 Å². The molecule has 5 rings (SSSR count). The molecule has 2 N–H and O–H groups in total. The van der Waals surface area contributed by atoms with Gasteiger partial charge < -0.3 is 20.1 Å². The highest BCUT2D eigenvalue weighted by molar-refractivity contribution is 7.88. The number of fused-ring (bicyclic) bond motifs is 1. The summed E-state index contributed by atoms with van der Waals surface area (Å²) in [6.07, 6.45) is 4.65. The summed E-state index contributed by atoms with van der Waals surface area (Å²) in [6.45, 7) is 4.51. The Morgan fingerprint density at radius 2 is 1.57 bits per heavy atom. The zero-order valence-electron chi connectivity index (χ0n) is 23.5. The lowest BCUT2D eigenvalue weighted by molar-refractivity contribution is 0.159. The van der Waals surface area contributed by atoms with Crippen LogP contribution in [0, 0.1) is 0 Å². The Morgan fingerprint density at radius 1 is 0.857 bits per heavy atom.